The van der Waals surface area contributed by atoms with Crippen molar-refractivity contribution in [1.29, 1.82) is 0 Å². The Morgan fingerprint density at radius 3 is 2.19 bits per heavy atom. The molecule has 1 heterocycles. The Kier molecular flexibility index (Phi) is 5.13. The summed E-state index contributed by atoms with van der Waals surface area (Å²) in [7, 11) is 6.14. The lowest BCUT2D eigenvalue weighted by Crippen LogP contribution is -2.14. The first-order chi connectivity index (χ1) is 12.6. The van der Waals surface area contributed by atoms with Crippen molar-refractivity contribution in [2.24, 2.45) is 0 Å². The van der Waals surface area contributed by atoms with Crippen LogP contribution in [0.2, 0.25) is 0 Å². The van der Waals surface area contributed by atoms with E-state index in [4.69, 9.17) is 18.9 Å². The molecule has 0 aliphatic rings. The van der Waals surface area contributed by atoms with Crippen LogP contribution in [0.1, 0.15) is 10.4 Å². The molecule has 3 aromatic rings. The number of hydrogen-bond donors (Lipinski definition) is 1. The van der Waals surface area contributed by atoms with Crippen molar-refractivity contribution in [3.05, 3.63) is 35.9 Å². The van der Waals surface area contributed by atoms with E-state index < -0.39 is 0 Å². The Balaban J connectivity index is 1.98. The summed E-state index contributed by atoms with van der Waals surface area (Å²) in [5.41, 5.74) is 0.960. The first-order valence-electron chi connectivity index (χ1n) is 7.66. The maximum atomic E-state index is 12.8. The number of rotatable bonds is 6. The Hall–Kier alpha value is -3.00. The van der Waals surface area contributed by atoms with Gasteiger partial charge in [0.15, 0.2) is 5.13 Å². The number of fused-ring (bicyclic) bond motifs is 1. The summed E-state index contributed by atoms with van der Waals surface area (Å²) in [6.07, 6.45) is 0. The van der Waals surface area contributed by atoms with E-state index in [1.165, 1.54) is 25.6 Å². The van der Waals surface area contributed by atoms with E-state index in [0.29, 0.717) is 39.2 Å². The van der Waals surface area contributed by atoms with Crippen molar-refractivity contribution >= 4 is 32.6 Å². The average Bonchev–Trinajstić information content (AvgIpc) is 3.08. The number of anilines is 1. The Bertz CT molecular complexity index is 932. The van der Waals surface area contributed by atoms with Crippen LogP contribution in [0.25, 0.3) is 10.2 Å². The Morgan fingerprint density at radius 1 is 0.962 bits per heavy atom. The number of hydrogen-bond acceptors (Lipinski definition) is 7. The number of carbonyl (C=O) groups is 1. The SMILES string of the molecule is COc1cc(OC)c2nc(NC(=O)c3c(OC)cccc3OC)sc2c1. The van der Waals surface area contributed by atoms with Crippen LogP contribution in [0.5, 0.6) is 23.0 Å². The molecule has 1 N–H and O–H groups in total. The number of amides is 1. The van der Waals surface area contributed by atoms with Gasteiger partial charge in [-0.05, 0) is 18.2 Å². The zero-order valence-electron chi connectivity index (χ0n) is 14.8. The minimum atomic E-state index is -0.371. The highest BCUT2D eigenvalue weighted by Gasteiger charge is 2.20. The van der Waals surface area contributed by atoms with Gasteiger partial charge in [0.25, 0.3) is 5.91 Å². The minimum absolute atomic E-state index is 0.307. The predicted molar refractivity (Wildman–Crippen MR) is 100 cm³/mol. The summed E-state index contributed by atoms with van der Waals surface area (Å²) in [5, 5.41) is 3.23. The zero-order chi connectivity index (χ0) is 18.7. The fraction of sp³-hybridized carbons (Fsp3) is 0.222. The maximum absolute atomic E-state index is 12.8. The lowest BCUT2D eigenvalue weighted by Gasteiger charge is -2.11. The summed E-state index contributed by atoms with van der Waals surface area (Å²) >= 11 is 1.32. The summed E-state index contributed by atoms with van der Waals surface area (Å²) in [6, 6.07) is 8.74. The van der Waals surface area contributed by atoms with Crippen LogP contribution in [-0.4, -0.2) is 39.3 Å². The summed E-state index contributed by atoms with van der Waals surface area (Å²) < 4.78 is 22.0. The molecule has 0 atom stereocenters. The number of nitrogens with zero attached hydrogens (tertiary/aromatic N) is 1. The number of benzene rings is 2. The van der Waals surface area contributed by atoms with E-state index >= 15 is 0 Å². The van der Waals surface area contributed by atoms with Crippen LogP contribution in [0.15, 0.2) is 30.3 Å². The normalized spacial score (nSPS) is 10.5. The predicted octanol–water partition coefficient (Wildman–Crippen LogP) is 3.58. The van der Waals surface area contributed by atoms with Crippen molar-refractivity contribution in [2.45, 2.75) is 0 Å². The Labute approximate surface area is 154 Å². The molecule has 8 heteroatoms. The maximum Gasteiger partial charge on any atom is 0.265 e. The largest absolute Gasteiger partial charge is 0.497 e. The lowest BCUT2D eigenvalue weighted by atomic mass is 10.1. The second kappa shape index (κ2) is 7.49. The molecule has 0 aliphatic carbocycles. The monoisotopic (exact) mass is 374 g/mol. The molecule has 3 rings (SSSR count). The van der Waals surface area contributed by atoms with E-state index in [9.17, 15) is 4.79 Å². The Morgan fingerprint density at radius 2 is 1.62 bits per heavy atom. The van der Waals surface area contributed by atoms with Crippen molar-refractivity contribution in [1.82, 2.24) is 4.98 Å². The number of thiazole rings is 1. The molecule has 0 fully saturated rings. The zero-order valence-corrected chi connectivity index (χ0v) is 15.6. The molecule has 1 aromatic heterocycles. The van der Waals surface area contributed by atoms with E-state index in [1.54, 1.807) is 38.5 Å². The third-order valence-corrected chi connectivity index (χ3v) is 4.68. The molecule has 0 saturated heterocycles. The summed E-state index contributed by atoms with van der Waals surface area (Å²) in [5.74, 6) is 1.70. The highest BCUT2D eigenvalue weighted by molar-refractivity contribution is 7.22. The van der Waals surface area contributed by atoms with Crippen LogP contribution < -0.4 is 24.3 Å². The molecule has 7 nitrogen and oxygen atoms in total. The van der Waals surface area contributed by atoms with Crippen LogP contribution in [0.3, 0.4) is 0 Å². The van der Waals surface area contributed by atoms with Crippen LogP contribution >= 0.6 is 11.3 Å². The highest BCUT2D eigenvalue weighted by Crippen LogP contribution is 2.37. The average molecular weight is 374 g/mol. The summed E-state index contributed by atoms with van der Waals surface area (Å²) in [6.45, 7) is 0. The molecule has 136 valence electrons. The topological polar surface area (TPSA) is 78.9 Å². The number of carbonyl (C=O) groups excluding carboxylic acids is 1. The molecular weight excluding hydrogens is 356 g/mol. The molecule has 2 aromatic carbocycles. The van der Waals surface area contributed by atoms with Crippen LogP contribution in [0, 0.1) is 0 Å². The van der Waals surface area contributed by atoms with E-state index in [-0.39, 0.29) is 5.91 Å². The van der Waals surface area contributed by atoms with Gasteiger partial charge in [-0.15, -0.1) is 0 Å². The van der Waals surface area contributed by atoms with E-state index in [2.05, 4.69) is 10.3 Å². The highest BCUT2D eigenvalue weighted by atomic mass is 32.1. The van der Waals surface area contributed by atoms with Gasteiger partial charge in [0, 0.05) is 6.07 Å². The quantitative estimate of drug-likeness (QED) is 0.710. The van der Waals surface area contributed by atoms with Crippen molar-refractivity contribution in [3.8, 4) is 23.0 Å². The third kappa shape index (κ3) is 3.23. The molecule has 26 heavy (non-hydrogen) atoms. The number of nitrogens with one attached hydrogen (secondary N) is 1. The molecule has 0 bridgehead atoms. The van der Waals surface area contributed by atoms with Crippen molar-refractivity contribution in [3.63, 3.8) is 0 Å². The number of ether oxygens (including phenoxy) is 4. The van der Waals surface area contributed by atoms with E-state index in [0.717, 1.165) is 4.70 Å². The van der Waals surface area contributed by atoms with E-state index in [1.807, 2.05) is 6.07 Å². The molecular formula is C18H18N2O5S. The van der Waals surface area contributed by atoms with Gasteiger partial charge in [-0.1, -0.05) is 17.4 Å². The van der Waals surface area contributed by atoms with Crippen molar-refractivity contribution < 1.29 is 23.7 Å². The summed E-state index contributed by atoms with van der Waals surface area (Å²) in [4.78, 5) is 17.2. The van der Waals surface area contributed by atoms with Gasteiger partial charge < -0.3 is 18.9 Å². The molecule has 0 spiro atoms. The van der Waals surface area contributed by atoms with Gasteiger partial charge in [-0.25, -0.2) is 4.98 Å². The second-order valence-corrected chi connectivity index (χ2v) is 6.22. The minimum Gasteiger partial charge on any atom is -0.497 e. The standard InChI is InChI=1S/C18H18N2O5S/c1-22-10-8-13(25-4)16-14(9-10)26-18(19-16)20-17(21)15-11(23-2)6-5-7-12(15)24-3/h5-9H,1-4H3,(H,19,20,21). The van der Waals surface area contributed by atoms with Crippen LogP contribution in [0.4, 0.5) is 5.13 Å². The van der Waals surface area contributed by atoms with Crippen LogP contribution in [-0.2, 0) is 0 Å². The molecule has 0 unspecified atom stereocenters. The number of methoxy groups -OCH3 is 4. The van der Waals surface area contributed by atoms with Gasteiger partial charge in [-0.3, -0.25) is 10.1 Å². The second-order valence-electron chi connectivity index (χ2n) is 5.19. The lowest BCUT2D eigenvalue weighted by molar-refractivity contribution is 0.102. The smallest absolute Gasteiger partial charge is 0.265 e. The first-order valence-corrected chi connectivity index (χ1v) is 8.47. The molecule has 0 aliphatic heterocycles. The van der Waals surface area contributed by atoms with Gasteiger partial charge in [0.1, 0.15) is 34.1 Å². The first kappa shape index (κ1) is 17.8. The fourth-order valence-electron chi connectivity index (χ4n) is 2.54. The fourth-order valence-corrected chi connectivity index (χ4v) is 3.44. The van der Waals surface area contributed by atoms with Crippen molar-refractivity contribution in [2.75, 3.05) is 33.8 Å². The molecule has 1 amide bonds. The van der Waals surface area contributed by atoms with Gasteiger partial charge >= 0.3 is 0 Å². The van der Waals surface area contributed by atoms with Gasteiger partial charge in [-0.2, -0.15) is 0 Å². The molecule has 0 saturated carbocycles. The third-order valence-electron chi connectivity index (χ3n) is 3.76. The van der Waals surface area contributed by atoms with Gasteiger partial charge in [0.05, 0.1) is 33.1 Å². The number of aromatic nitrogens is 1. The molecule has 0 radical (unpaired) electrons. The van der Waals surface area contributed by atoms with Gasteiger partial charge in [0.2, 0.25) is 0 Å².